The summed E-state index contributed by atoms with van der Waals surface area (Å²) in [5, 5.41) is 6.37. The Labute approximate surface area is 90.8 Å². The minimum atomic E-state index is 0.491. The number of aromatic nitrogens is 1. The van der Waals surface area contributed by atoms with Crippen LogP contribution >= 0.6 is 11.3 Å². The van der Waals surface area contributed by atoms with Crippen molar-refractivity contribution in [2.75, 3.05) is 11.9 Å². The van der Waals surface area contributed by atoms with Crippen molar-refractivity contribution in [3.05, 3.63) is 11.6 Å². The molecular weight excluding hydrogens is 192 g/mol. The second-order valence-corrected chi connectivity index (χ2v) is 5.28. The van der Waals surface area contributed by atoms with Crippen molar-refractivity contribution in [1.82, 2.24) is 4.98 Å². The molecule has 0 fully saturated rings. The fourth-order valence-corrected chi connectivity index (χ4v) is 1.81. The number of hydrogen-bond acceptors (Lipinski definition) is 3. The zero-order valence-corrected chi connectivity index (χ0v) is 10.2. The van der Waals surface area contributed by atoms with Crippen LogP contribution in [-0.2, 0) is 0 Å². The molecule has 3 heteroatoms. The van der Waals surface area contributed by atoms with Crippen molar-refractivity contribution in [2.24, 2.45) is 5.41 Å². The summed E-state index contributed by atoms with van der Waals surface area (Å²) in [6, 6.07) is 0. The summed E-state index contributed by atoms with van der Waals surface area (Å²) in [4.78, 5) is 4.18. The van der Waals surface area contributed by atoms with Crippen LogP contribution < -0.4 is 5.32 Å². The molecule has 80 valence electrons. The number of nitrogens with one attached hydrogen (secondary N) is 1. The van der Waals surface area contributed by atoms with Gasteiger partial charge in [0.05, 0.1) is 0 Å². The standard InChI is InChI=1S/C11H20N2S/c1-4-11(2,3)6-5-7-12-10-13-8-9-14-10/h8-9H,4-7H2,1-3H3,(H,12,13). The van der Waals surface area contributed by atoms with Gasteiger partial charge in [0.15, 0.2) is 5.13 Å². The van der Waals surface area contributed by atoms with Gasteiger partial charge in [0.25, 0.3) is 0 Å². The fourth-order valence-electron chi connectivity index (χ4n) is 1.25. The van der Waals surface area contributed by atoms with E-state index in [4.69, 9.17) is 0 Å². The maximum Gasteiger partial charge on any atom is 0.182 e. The maximum absolute atomic E-state index is 4.18. The quantitative estimate of drug-likeness (QED) is 0.726. The van der Waals surface area contributed by atoms with Gasteiger partial charge in [-0.2, -0.15) is 0 Å². The Morgan fingerprint density at radius 2 is 2.29 bits per heavy atom. The maximum atomic E-state index is 4.18. The zero-order chi connectivity index (χ0) is 10.4. The SMILES string of the molecule is CCC(C)(C)CCCNc1nccs1. The lowest BCUT2D eigenvalue weighted by Gasteiger charge is -2.22. The Morgan fingerprint density at radius 1 is 1.50 bits per heavy atom. The number of nitrogens with zero attached hydrogens (tertiary/aromatic N) is 1. The highest BCUT2D eigenvalue weighted by Gasteiger charge is 2.13. The molecule has 1 aromatic heterocycles. The Bertz CT molecular complexity index is 242. The van der Waals surface area contributed by atoms with Gasteiger partial charge in [-0.05, 0) is 18.3 Å². The van der Waals surface area contributed by atoms with Gasteiger partial charge in [0, 0.05) is 18.1 Å². The lowest BCUT2D eigenvalue weighted by Crippen LogP contribution is -2.12. The monoisotopic (exact) mass is 212 g/mol. The van der Waals surface area contributed by atoms with Gasteiger partial charge in [-0.1, -0.05) is 27.2 Å². The molecule has 0 aromatic carbocycles. The van der Waals surface area contributed by atoms with E-state index in [0.29, 0.717) is 5.41 Å². The van der Waals surface area contributed by atoms with E-state index in [1.54, 1.807) is 11.3 Å². The number of thiazole rings is 1. The summed E-state index contributed by atoms with van der Waals surface area (Å²) in [6.45, 7) is 7.96. The van der Waals surface area contributed by atoms with E-state index in [-0.39, 0.29) is 0 Å². The molecule has 0 radical (unpaired) electrons. The molecule has 0 aliphatic rings. The first-order valence-corrected chi connectivity index (χ1v) is 6.15. The van der Waals surface area contributed by atoms with Crippen molar-refractivity contribution in [3.8, 4) is 0 Å². The molecular formula is C11H20N2S. The molecule has 0 saturated carbocycles. The number of hydrogen-bond donors (Lipinski definition) is 1. The van der Waals surface area contributed by atoms with Crippen LogP contribution in [0.15, 0.2) is 11.6 Å². The minimum absolute atomic E-state index is 0.491. The molecule has 0 saturated heterocycles. The van der Waals surface area contributed by atoms with E-state index in [2.05, 4.69) is 31.1 Å². The summed E-state index contributed by atoms with van der Waals surface area (Å²) in [6.07, 6.45) is 5.59. The van der Waals surface area contributed by atoms with E-state index >= 15 is 0 Å². The highest BCUT2D eigenvalue weighted by Crippen LogP contribution is 2.25. The average Bonchev–Trinajstić information content (AvgIpc) is 2.65. The molecule has 1 heterocycles. The van der Waals surface area contributed by atoms with Gasteiger partial charge >= 0.3 is 0 Å². The molecule has 0 unspecified atom stereocenters. The van der Waals surface area contributed by atoms with Crippen LogP contribution in [0.4, 0.5) is 5.13 Å². The second-order valence-electron chi connectivity index (χ2n) is 4.39. The zero-order valence-electron chi connectivity index (χ0n) is 9.34. The predicted octanol–water partition coefficient (Wildman–Crippen LogP) is 3.77. The van der Waals surface area contributed by atoms with E-state index in [1.807, 2.05) is 11.6 Å². The van der Waals surface area contributed by atoms with Gasteiger partial charge in [-0.25, -0.2) is 4.98 Å². The summed E-state index contributed by atoms with van der Waals surface area (Å²) >= 11 is 1.66. The average molecular weight is 212 g/mol. The van der Waals surface area contributed by atoms with Crippen LogP contribution in [0.5, 0.6) is 0 Å². The molecule has 0 amide bonds. The van der Waals surface area contributed by atoms with Crippen molar-refractivity contribution >= 4 is 16.5 Å². The third kappa shape index (κ3) is 4.09. The lowest BCUT2D eigenvalue weighted by atomic mass is 9.85. The normalized spacial score (nSPS) is 11.6. The first-order chi connectivity index (χ1) is 6.64. The van der Waals surface area contributed by atoms with Gasteiger partial charge < -0.3 is 5.32 Å². The van der Waals surface area contributed by atoms with Crippen LogP contribution in [0.1, 0.15) is 40.0 Å². The Hall–Kier alpha value is -0.570. The highest BCUT2D eigenvalue weighted by atomic mass is 32.1. The van der Waals surface area contributed by atoms with Crippen molar-refractivity contribution < 1.29 is 0 Å². The predicted molar refractivity (Wildman–Crippen MR) is 63.9 cm³/mol. The van der Waals surface area contributed by atoms with Gasteiger partial charge in [0.2, 0.25) is 0 Å². The third-order valence-electron chi connectivity index (χ3n) is 2.70. The molecule has 1 N–H and O–H groups in total. The Kier molecular flexibility index (Phi) is 4.39. The molecule has 0 aliphatic heterocycles. The summed E-state index contributed by atoms with van der Waals surface area (Å²) in [7, 11) is 0. The molecule has 0 aliphatic carbocycles. The number of rotatable bonds is 6. The topological polar surface area (TPSA) is 24.9 Å². The molecule has 0 atom stereocenters. The smallest absolute Gasteiger partial charge is 0.182 e. The van der Waals surface area contributed by atoms with Crippen LogP contribution in [-0.4, -0.2) is 11.5 Å². The van der Waals surface area contributed by atoms with E-state index in [0.717, 1.165) is 11.7 Å². The van der Waals surface area contributed by atoms with Gasteiger partial charge in [0.1, 0.15) is 0 Å². The van der Waals surface area contributed by atoms with Crippen LogP contribution in [0.2, 0.25) is 0 Å². The Morgan fingerprint density at radius 3 is 2.86 bits per heavy atom. The summed E-state index contributed by atoms with van der Waals surface area (Å²) in [5.41, 5.74) is 0.491. The first-order valence-electron chi connectivity index (χ1n) is 5.27. The molecule has 0 spiro atoms. The highest BCUT2D eigenvalue weighted by molar-refractivity contribution is 7.13. The van der Waals surface area contributed by atoms with Gasteiger partial charge in [-0.15, -0.1) is 11.3 Å². The van der Waals surface area contributed by atoms with Crippen molar-refractivity contribution in [3.63, 3.8) is 0 Å². The van der Waals surface area contributed by atoms with Crippen LogP contribution in [0.25, 0.3) is 0 Å². The molecule has 14 heavy (non-hydrogen) atoms. The van der Waals surface area contributed by atoms with Crippen molar-refractivity contribution in [1.29, 1.82) is 0 Å². The van der Waals surface area contributed by atoms with E-state index < -0.39 is 0 Å². The second kappa shape index (κ2) is 5.35. The third-order valence-corrected chi connectivity index (χ3v) is 3.43. The van der Waals surface area contributed by atoms with E-state index in [9.17, 15) is 0 Å². The fraction of sp³-hybridized carbons (Fsp3) is 0.727. The summed E-state index contributed by atoms with van der Waals surface area (Å²) in [5.74, 6) is 0. The number of anilines is 1. The lowest BCUT2D eigenvalue weighted by molar-refractivity contribution is 0.316. The van der Waals surface area contributed by atoms with Crippen LogP contribution in [0, 0.1) is 5.41 Å². The van der Waals surface area contributed by atoms with Gasteiger partial charge in [-0.3, -0.25) is 0 Å². The largest absolute Gasteiger partial charge is 0.362 e. The Balaban J connectivity index is 2.11. The first kappa shape index (κ1) is 11.5. The van der Waals surface area contributed by atoms with Crippen LogP contribution in [0.3, 0.4) is 0 Å². The summed E-state index contributed by atoms with van der Waals surface area (Å²) < 4.78 is 0. The minimum Gasteiger partial charge on any atom is -0.362 e. The molecule has 1 aromatic rings. The molecule has 0 bridgehead atoms. The molecule has 1 rings (SSSR count). The van der Waals surface area contributed by atoms with Crippen molar-refractivity contribution in [2.45, 2.75) is 40.0 Å². The van der Waals surface area contributed by atoms with E-state index in [1.165, 1.54) is 19.3 Å². The molecule has 2 nitrogen and oxygen atoms in total.